The molecule has 1 aromatic heterocycles. The van der Waals surface area contributed by atoms with Crippen molar-refractivity contribution in [3.8, 4) is 0 Å². The number of halogens is 1. The van der Waals surface area contributed by atoms with Crippen LogP contribution in [0, 0.1) is 0 Å². The smallest absolute Gasteiger partial charge is 0.337 e. The monoisotopic (exact) mass is 308 g/mol. The van der Waals surface area contributed by atoms with Crippen molar-refractivity contribution < 1.29 is 14.3 Å². The molecule has 112 valence electrons. The van der Waals surface area contributed by atoms with Crippen molar-refractivity contribution in [2.75, 3.05) is 13.7 Å². The third-order valence-electron chi connectivity index (χ3n) is 3.73. The molecule has 2 aromatic rings. The third kappa shape index (κ3) is 2.63. The van der Waals surface area contributed by atoms with Crippen LogP contribution < -0.4 is 0 Å². The molecule has 1 saturated heterocycles. The number of methoxy groups -OCH3 is 1. The SMILES string of the molecule is COC(=O)c1ccc2nc([C@H](C)Cl)n(CC3CCO3)c2c1. The summed E-state index contributed by atoms with van der Waals surface area (Å²) in [7, 11) is 1.37. The molecule has 0 spiro atoms. The number of nitrogens with zero attached hydrogens (tertiary/aromatic N) is 2. The Morgan fingerprint density at radius 1 is 1.62 bits per heavy atom. The second kappa shape index (κ2) is 5.66. The predicted molar refractivity (Wildman–Crippen MR) is 79.7 cm³/mol. The van der Waals surface area contributed by atoms with Crippen LogP contribution in [-0.4, -0.2) is 35.3 Å². The van der Waals surface area contributed by atoms with Gasteiger partial charge in [-0.2, -0.15) is 0 Å². The first-order valence-electron chi connectivity index (χ1n) is 6.94. The summed E-state index contributed by atoms with van der Waals surface area (Å²) in [6.45, 7) is 3.39. The van der Waals surface area contributed by atoms with Crippen LogP contribution in [0.15, 0.2) is 18.2 Å². The lowest BCUT2D eigenvalue weighted by Crippen LogP contribution is -2.31. The number of carbonyl (C=O) groups is 1. The van der Waals surface area contributed by atoms with Crippen molar-refractivity contribution in [1.82, 2.24) is 9.55 Å². The van der Waals surface area contributed by atoms with E-state index >= 15 is 0 Å². The van der Waals surface area contributed by atoms with Gasteiger partial charge in [-0.25, -0.2) is 9.78 Å². The topological polar surface area (TPSA) is 53.3 Å². The largest absolute Gasteiger partial charge is 0.465 e. The summed E-state index contributed by atoms with van der Waals surface area (Å²) in [5.41, 5.74) is 2.22. The van der Waals surface area contributed by atoms with Gasteiger partial charge in [0.05, 0.1) is 41.7 Å². The van der Waals surface area contributed by atoms with Gasteiger partial charge in [0.2, 0.25) is 0 Å². The molecule has 0 amide bonds. The molecule has 3 rings (SSSR count). The normalized spacial score (nSPS) is 19.3. The molecule has 0 bridgehead atoms. The van der Waals surface area contributed by atoms with Crippen molar-refractivity contribution in [2.24, 2.45) is 0 Å². The van der Waals surface area contributed by atoms with Crippen LogP contribution in [0.4, 0.5) is 0 Å². The van der Waals surface area contributed by atoms with Crippen molar-refractivity contribution in [2.45, 2.75) is 31.4 Å². The molecule has 6 heteroatoms. The molecule has 1 aromatic carbocycles. The lowest BCUT2D eigenvalue weighted by Gasteiger charge is -2.27. The molecule has 2 atom stereocenters. The van der Waals surface area contributed by atoms with E-state index in [9.17, 15) is 4.79 Å². The van der Waals surface area contributed by atoms with Crippen molar-refractivity contribution >= 4 is 28.6 Å². The van der Waals surface area contributed by atoms with Gasteiger partial charge in [0.25, 0.3) is 0 Å². The molecule has 0 aliphatic carbocycles. The molecule has 0 N–H and O–H groups in total. The Bertz CT molecular complexity index is 677. The lowest BCUT2D eigenvalue weighted by atomic mass is 10.1. The van der Waals surface area contributed by atoms with Crippen LogP contribution in [0.5, 0.6) is 0 Å². The van der Waals surface area contributed by atoms with Crippen LogP contribution in [-0.2, 0) is 16.0 Å². The Balaban J connectivity index is 2.08. The van der Waals surface area contributed by atoms with Gasteiger partial charge in [-0.05, 0) is 31.5 Å². The number of ether oxygens (including phenoxy) is 2. The Labute approximate surface area is 127 Å². The Morgan fingerprint density at radius 3 is 2.95 bits per heavy atom. The third-order valence-corrected chi connectivity index (χ3v) is 3.93. The van der Waals surface area contributed by atoms with E-state index in [-0.39, 0.29) is 17.5 Å². The van der Waals surface area contributed by atoms with Crippen molar-refractivity contribution in [3.63, 3.8) is 0 Å². The number of hydrogen-bond acceptors (Lipinski definition) is 4. The van der Waals surface area contributed by atoms with Crippen LogP contribution in [0.25, 0.3) is 11.0 Å². The molecule has 0 radical (unpaired) electrons. The van der Waals surface area contributed by atoms with E-state index in [1.54, 1.807) is 12.1 Å². The van der Waals surface area contributed by atoms with E-state index in [4.69, 9.17) is 21.1 Å². The Morgan fingerprint density at radius 2 is 2.38 bits per heavy atom. The van der Waals surface area contributed by atoms with Crippen LogP contribution in [0.3, 0.4) is 0 Å². The Hall–Kier alpha value is -1.59. The standard InChI is InChI=1S/C15H17ClN2O3/c1-9(16)14-17-12-4-3-10(15(19)20-2)7-13(12)18(14)8-11-5-6-21-11/h3-4,7,9,11H,5-6,8H2,1-2H3/t9-,11?/m0/s1. The van der Waals surface area contributed by atoms with E-state index < -0.39 is 0 Å². The van der Waals surface area contributed by atoms with Crippen LogP contribution in [0.2, 0.25) is 0 Å². The minimum atomic E-state index is -0.356. The van der Waals surface area contributed by atoms with Gasteiger partial charge in [0.1, 0.15) is 5.82 Å². The van der Waals surface area contributed by atoms with Gasteiger partial charge in [0, 0.05) is 6.61 Å². The summed E-state index contributed by atoms with van der Waals surface area (Å²) in [6, 6.07) is 5.34. The summed E-state index contributed by atoms with van der Waals surface area (Å²) < 4.78 is 12.3. The maximum Gasteiger partial charge on any atom is 0.337 e. The molecular formula is C15H17ClN2O3. The molecule has 1 unspecified atom stereocenters. The molecule has 1 fully saturated rings. The molecule has 1 aliphatic rings. The maximum absolute atomic E-state index is 11.7. The zero-order valence-corrected chi connectivity index (χ0v) is 12.8. The zero-order chi connectivity index (χ0) is 15.0. The number of alkyl halides is 1. The average Bonchev–Trinajstić information content (AvgIpc) is 2.80. The predicted octanol–water partition coefficient (Wildman–Crippen LogP) is 2.91. The molecule has 21 heavy (non-hydrogen) atoms. The van der Waals surface area contributed by atoms with Crippen LogP contribution in [0.1, 0.15) is 34.9 Å². The number of rotatable bonds is 4. The first-order valence-corrected chi connectivity index (χ1v) is 7.38. The fourth-order valence-corrected chi connectivity index (χ4v) is 2.68. The van der Waals surface area contributed by atoms with E-state index in [1.165, 1.54) is 7.11 Å². The minimum absolute atomic E-state index is 0.193. The highest BCUT2D eigenvalue weighted by Crippen LogP contribution is 2.27. The highest BCUT2D eigenvalue weighted by Gasteiger charge is 2.23. The quantitative estimate of drug-likeness (QED) is 0.644. The number of aromatic nitrogens is 2. The summed E-state index contributed by atoms with van der Waals surface area (Å²) in [6.07, 6.45) is 1.23. The van der Waals surface area contributed by atoms with Gasteiger partial charge in [-0.15, -0.1) is 11.6 Å². The number of esters is 1. The van der Waals surface area contributed by atoms with E-state index in [1.807, 2.05) is 17.6 Å². The highest BCUT2D eigenvalue weighted by atomic mass is 35.5. The molecular weight excluding hydrogens is 292 g/mol. The Kier molecular flexibility index (Phi) is 3.87. The van der Waals surface area contributed by atoms with E-state index in [0.29, 0.717) is 12.1 Å². The zero-order valence-electron chi connectivity index (χ0n) is 12.0. The maximum atomic E-state index is 11.7. The second-order valence-electron chi connectivity index (χ2n) is 5.17. The second-order valence-corrected chi connectivity index (χ2v) is 5.83. The molecule has 5 nitrogen and oxygen atoms in total. The van der Waals surface area contributed by atoms with Gasteiger partial charge < -0.3 is 14.0 Å². The van der Waals surface area contributed by atoms with Crippen LogP contribution >= 0.6 is 11.6 Å². The fourth-order valence-electron chi connectivity index (χ4n) is 2.51. The van der Waals surface area contributed by atoms with Gasteiger partial charge in [-0.1, -0.05) is 0 Å². The molecule has 0 saturated carbocycles. The van der Waals surface area contributed by atoms with E-state index in [2.05, 4.69) is 4.98 Å². The lowest BCUT2D eigenvalue weighted by molar-refractivity contribution is -0.0590. The van der Waals surface area contributed by atoms with E-state index in [0.717, 1.165) is 29.9 Å². The number of hydrogen-bond donors (Lipinski definition) is 0. The molecule has 1 aliphatic heterocycles. The summed E-state index contributed by atoms with van der Waals surface area (Å²) in [5.74, 6) is 0.439. The highest BCUT2D eigenvalue weighted by molar-refractivity contribution is 6.20. The molecule has 2 heterocycles. The van der Waals surface area contributed by atoms with Gasteiger partial charge in [0.15, 0.2) is 0 Å². The van der Waals surface area contributed by atoms with Gasteiger partial charge >= 0.3 is 5.97 Å². The average molecular weight is 309 g/mol. The summed E-state index contributed by atoms with van der Waals surface area (Å²) >= 11 is 6.24. The summed E-state index contributed by atoms with van der Waals surface area (Å²) in [5, 5.41) is -0.209. The van der Waals surface area contributed by atoms with Crippen molar-refractivity contribution in [3.05, 3.63) is 29.6 Å². The number of carbonyl (C=O) groups excluding carboxylic acids is 1. The number of benzene rings is 1. The minimum Gasteiger partial charge on any atom is -0.465 e. The van der Waals surface area contributed by atoms with Gasteiger partial charge in [-0.3, -0.25) is 0 Å². The summed E-state index contributed by atoms with van der Waals surface area (Å²) in [4.78, 5) is 16.3. The fraction of sp³-hybridized carbons (Fsp3) is 0.467. The first kappa shape index (κ1) is 14.4. The van der Waals surface area contributed by atoms with Crippen molar-refractivity contribution in [1.29, 1.82) is 0 Å². The first-order chi connectivity index (χ1) is 10.1. The number of imidazole rings is 1. The number of fused-ring (bicyclic) bond motifs is 1.